The third kappa shape index (κ3) is 2.33. The largest absolute Gasteiger partial charge is 0.244 e. The van der Waals surface area contributed by atoms with E-state index in [0.29, 0.717) is 6.42 Å². The Bertz CT molecular complexity index is 59.5. The summed E-state index contributed by atoms with van der Waals surface area (Å²) in [5.74, 6) is 0. The second kappa shape index (κ2) is 3.86. The summed E-state index contributed by atoms with van der Waals surface area (Å²) in [7, 11) is 0. The van der Waals surface area contributed by atoms with E-state index in [1.54, 1.807) is 0 Å². The highest BCUT2D eigenvalue weighted by atomic mass is 19.1. The molecule has 0 nitrogen and oxygen atoms in total. The maximum absolute atomic E-state index is 12.6. The Morgan fingerprint density at radius 3 is 1.78 bits per heavy atom. The van der Waals surface area contributed by atoms with Gasteiger partial charge < -0.3 is 0 Å². The molecule has 56 valence electrons. The monoisotopic (exact) mass is 132 g/mol. The molecule has 1 aliphatic rings. The molecule has 1 saturated carbocycles. The summed E-state index contributed by atoms with van der Waals surface area (Å²) < 4.78 is 12.6. The summed E-state index contributed by atoms with van der Waals surface area (Å²) in [6.07, 6.45) is 3.43. The normalized spacial score (nSPS) is 21.3. The van der Waals surface area contributed by atoms with Crippen molar-refractivity contribution in [1.29, 1.82) is 0 Å². The quantitative estimate of drug-likeness (QED) is 0.513. The molecule has 0 N–H and O–H groups in total. The highest BCUT2D eigenvalue weighted by Crippen LogP contribution is 2.38. The fraction of sp³-hybridized carbons (Fsp3) is 1.00. The Kier molecular flexibility index (Phi) is 3.83. The fourth-order valence-corrected chi connectivity index (χ4v) is 0.914. The first-order chi connectivity index (χ1) is 4.27. The lowest BCUT2D eigenvalue weighted by Crippen LogP contribution is -2.30. The van der Waals surface area contributed by atoms with Crippen LogP contribution in [-0.4, -0.2) is 5.67 Å². The fourth-order valence-electron chi connectivity index (χ4n) is 0.914. The van der Waals surface area contributed by atoms with Gasteiger partial charge in [-0.05, 0) is 25.7 Å². The molecule has 0 aromatic carbocycles. The van der Waals surface area contributed by atoms with Gasteiger partial charge in [0.15, 0.2) is 0 Å². The first-order valence-corrected chi connectivity index (χ1v) is 3.96. The summed E-state index contributed by atoms with van der Waals surface area (Å²) >= 11 is 0. The molecule has 0 heterocycles. The van der Waals surface area contributed by atoms with Crippen LogP contribution in [0.3, 0.4) is 0 Å². The molecular formula is C8H17F. The number of hydrogen-bond donors (Lipinski definition) is 0. The first kappa shape index (κ1) is 8.93. The third-order valence-electron chi connectivity index (χ3n) is 1.88. The van der Waals surface area contributed by atoms with Crippen LogP contribution in [0.15, 0.2) is 0 Å². The molecule has 0 aromatic rings. The van der Waals surface area contributed by atoms with Crippen molar-refractivity contribution < 1.29 is 4.39 Å². The number of alkyl halides is 1. The maximum atomic E-state index is 12.6. The number of hydrogen-bond acceptors (Lipinski definition) is 0. The standard InChI is InChI=1S/C6H11F.C2H6/c1-2-6(7)4-3-5-6;1-2/h2-5H2,1H3;1-2H3. The zero-order chi connectivity index (χ0) is 7.33. The molecule has 1 heteroatoms. The molecule has 0 atom stereocenters. The van der Waals surface area contributed by atoms with Gasteiger partial charge in [-0.15, -0.1) is 0 Å². The van der Waals surface area contributed by atoms with Crippen molar-refractivity contribution in [2.45, 2.75) is 52.1 Å². The van der Waals surface area contributed by atoms with Crippen LogP contribution in [0, 0.1) is 0 Å². The maximum Gasteiger partial charge on any atom is 0.110 e. The zero-order valence-corrected chi connectivity index (χ0v) is 6.71. The topological polar surface area (TPSA) is 0 Å². The molecule has 1 fully saturated rings. The molecule has 0 unspecified atom stereocenters. The molecule has 0 spiro atoms. The minimum absolute atomic E-state index is 0.715. The summed E-state index contributed by atoms with van der Waals surface area (Å²) in [4.78, 5) is 0. The van der Waals surface area contributed by atoms with Crippen molar-refractivity contribution in [3.63, 3.8) is 0 Å². The smallest absolute Gasteiger partial charge is 0.110 e. The third-order valence-corrected chi connectivity index (χ3v) is 1.88. The van der Waals surface area contributed by atoms with Crippen LogP contribution >= 0.6 is 0 Å². The van der Waals surface area contributed by atoms with Gasteiger partial charge in [-0.25, -0.2) is 4.39 Å². The predicted molar refractivity (Wildman–Crippen MR) is 39.3 cm³/mol. The van der Waals surface area contributed by atoms with Gasteiger partial charge in [0.1, 0.15) is 5.67 Å². The number of halogens is 1. The predicted octanol–water partition coefficient (Wildman–Crippen LogP) is 3.31. The molecular weight excluding hydrogens is 115 g/mol. The van der Waals surface area contributed by atoms with Gasteiger partial charge in [0.05, 0.1) is 0 Å². The first-order valence-electron chi connectivity index (χ1n) is 3.96. The molecule has 1 aliphatic carbocycles. The minimum Gasteiger partial charge on any atom is -0.244 e. The van der Waals surface area contributed by atoms with Crippen LogP contribution in [0.5, 0.6) is 0 Å². The highest BCUT2D eigenvalue weighted by molar-refractivity contribution is 4.86. The van der Waals surface area contributed by atoms with Crippen LogP contribution in [0.2, 0.25) is 0 Å². The minimum atomic E-state index is -0.736. The summed E-state index contributed by atoms with van der Waals surface area (Å²) in [6.45, 7) is 5.92. The van der Waals surface area contributed by atoms with Crippen molar-refractivity contribution in [3.05, 3.63) is 0 Å². The van der Waals surface area contributed by atoms with Crippen LogP contribution in [0.25, 0.3) is 0 Å². The lowest BCUT2D eigenvalue weighted by atomic mass is 9.80. The van der Waals surface area contributed by atoms with Gasteiger partial charge >= 0.3 is 0 Å². The van der Waals surface area contributed by atoms with Gasteiger partial charge in [-0.3, -0.25) is 0 Å². The Morgan fingerprint density at radius 2 is 1.78 bits per heavy atom. The van der Waals surface area contributed by atoms with E-state index >= 15 is 0 Å². The lowest BCUT2D eigenvalue weighted by Gasteiger charge is -2.32. The second-order valence-corrected chi connectivity index (χ2v) is 2.36. The van der Waals surface area contributed by atoms with Crippen LogP contribution in [0.4, 0.5) is 4.39 Å². The highest BCUT2D eigenvalue weighted by Gasteiger charge is 2.34. The Labute approximate surface area is 57.5 Å². The Balaban J connectivity index is 0.000000291. The molecule has 0 radical (unpaired) electrons. The molecule has 1 rings (SSSR count). The average molecular weight is 132 g/mol. The molecule has 0 saturated heterocycles. The van der Waals surface area contributed by atoms with Crippen LogP contribution < -0.4 is 0 Å². The van der Waals surface area contributed by atoms with E-state index in [0.717, 1.165) is 19.3 Å². The van der Waals surface area contributed by atoms with Crippen molar-refractivity contribution in [2.75, 3.05) is 0 Å². The summed E-state index contributed by atoms with van der Waals surface area (Å²) in [5.41, 5.74) is -0.736. The average Bonchev–Trinajstić information content (AvgIpc) is 1.88. The van der Waals surface area contributed by atoms with Gasteiger partial charge in [0.25, 0.3) is 0 Å². The van der Waals surface area contributed by atoms with E-state index in [4.69, 9.17) is 0 Å². The Morgan fingerprint density at radius 1 is 1.33 bits per heavy atom. The van der Waals surface area contributed by atoms with Gasteiger partial charge in [0, 0.05) is 0 Å². The molecule has 0 bridgehead atoms. The van der Waals surface area contributed by atoms with Gasteiger partial charge in [-0.2, -0.15) is 0 Å². The molecule has 9 heavy (non-hydrogen) atoms. The second-order valence-electron chi connectivity index (χ2n) is 2.36. The Hall–Kier alpha value is -0.0700. The van der Waals surface area contributed by atoms with E-state index in [-0.39, 0.29) is 0 Å². The van der Waals surface area contributed by atoms with Crippen molar-refractivity contribution in [2.24, 2.45) is 0 Å². The molecule has 0 amide bonds. The lowest BCUT2D eigenvalue weighted by molar-refractivity contribution is 0.0595. The number of rotatable bonds is 1. The van der Waals surface area contributed by atoms with E-state index in [1.165, 1.54) is 0 Å². The van der Waals surface area contributed by atoms with E-state index in [2.05, 4.69) is 0 Å². The van der Waals surface area contributed by atoms with Crippen molar-refractivity contribution >= 4 is 0 Å². The SMILES string of the molecule is CC.CCC1(F)CCC1. The van der Waals surface area contributed by atoms with Crippen LogP contribution in [0.1, 0.15) is 46.5 Å². The molecule has 0 aliphatic heterocycles. The van der Waals surface area contributed by atoms with Gasteiger partial charge in [-0.1, -0.05) is 20.8 Å². The van der Waals surface area contributed by atoms with Crippen molar-refractivity contribution in [3.8, 4) is 0 Å². The van der Waals surface area contributed by atoms with E-state index < -0.39 is 5.67 Å². The van der Waals surface area contributed by atoms with Crippen molar-refractivity contribution in [1.82, 2.24) is 0 Å². The molecule has 0 aromatic heterocycles. The van der Waals surface area contributed by atoms with Crippen LogP contribution in [-0.2, 0) is 0 Å². The van der Waals surface area contributed by atoms with E-state index in [9.17, 15) is 4.39 Å². The summed E-state index contributed by atoms with van der Waals surface area (Å²) in [6, 6.07) is 0. The van der Waals surface area contributed by atoms with E-state index in [1.807, 2.05) is 20.8 Å². The summed E-state index contributed by atoms with van der Waals surface area (Å²) in [5, 5.41) is 0. The zero-order valence-electron chi connectivity index (χ0n) is 6.71. The van der Waals surface area contributed by atoms with Gasteiger partial charge in [0.2, 0.25) is 0 Å².